The molecule has 1 aliphatic heterocycles. The van der Waals surface area contributed by atoms with Crippen molar-refractivity contribution in [2.45, 2.75) is 6.54 Å². The summed E-state index contributed by atoms with van der Waals surface area (Å²) >= 11 is 6.01. The molecule has 0 bridgehead atoms. The Morgan fingerprint density at radius 1 is 1.20 bits per heavy atom. The molecule has 2 N–H and O–H groups in total. The van der Waals surface area contributed by atoms with E-state index in [-0.39, 0.29) is 18.5 Å². The summed E-state index contributed by atoms with van der Waals surface area (Å²) in [6.45, 7) is 1.10. The number of nitrogens with zero attached hydrogens (tertiary/aromatic N) is 1. The van der Waals surface area contributed by atoms with E-state index in [0.717, 1.165) is 5.56 Å². The van der Waals surface area contributed by atoms with Crippen molar-refractivity contribution in [1.82, 2.24) is 10.2 Å². The second-order valence-electron chi connectivity index (χ2n) is 5.60. The van der Waals surface area contributed by atoms with Crippen LogP contribution in [0.1, 0.15) is 5.56 Å². The fraction of sp³-hybridized carbons (Fsp3) is 0.222. The number of rotatable bonds is 4. The molecule has 0 atom stereocenters. The van der Waals surface area contributed by atoms with E-state index in [0.29, 0.717) is 36.1 Å². The molecule has 2 aromatic carbocycles. The maximum atomic E-state index is 12.2. The molecule has 0 saturated heterocycles. The Morgan fingerprint density at radius 3 is 2.80 bits per heavy atom. The van der Waals surface area contributed by atoms with Crippen molar-refractivity contribution in [3.63, 3.8) is 0 Å². The van der Waals surface area contributed by atoms with Gasteiger partial charge in [-0.15, -0.1) is 0 Å². The highest BCUT2D eigenvalue weighted by atomic mass is 35.5. The zero-order valence-electron chi connectivity index (χ0n) is 13.5. The molecule has 6 nitrogen and oxygen atoms in total. The Labute approximate surface area is 150 Å². The van der Waals surface area contributed by atoms with Crippen LogP contribution in [0.3, 0.4) is 0 Å². The molecule has 0 spiro atoms. The number of ether oxygens (including phenoxy) is 1. The molecule has 0 unspecified atom stereocenters. The number of hydrogen-bond donors (Lipinski definition) is 2. The second-order valence-corrected chi connectivity index (χ2v) is 6.04. The van der Waals surface area contributed by atoms with Gasteiger partial charge < -0.3 is 20.3 Å². The highest BCUT2D eigenvalue weighted by Crippen LogP contribution is 2.26. The number of hydrogen-bond acceptors (Lipinski definition) is 3. The van der Waals surface area contributed by atoms with E-state index in [1.807, 2.05) is 18.2 Å². The van der Waals surface area contributed by atoms with Crippen LogP contribution in [-0.4, -0.2) is 36.5 Å². The van der Waals surface area contributed by atoms with Crippen LogP contribution < -0.4 is 15.4 Å². The molecule has 130 valence electrons. The van der Waals surface area contributed by atoms with Gasteiger partial charge in [-0.25, -0.2) is 4.79 Å². The average molecular weight is 360 g/mol. The fourth-order valence-corrected chi connectivity index (χ4v) is 2.74. The third-order valence-corrected chi connectivity index (χ3v) is 4.02. The van der Waals surface area contributed by atoms with Gasteiger partial charge in [0.25, 0.3) is 5.91 Å². The molecular formula is C18H18ClN3O3. The van der Waals surface area contributed by atoms with Crippen LogP contribution in [0.2, 0.25) is 5.02 Å². The van der Waals surface area contributed by atoms with E-state index in [4.69, 9.17) is 16.3 Å². The molecule has 7 heteroatoms. The average Bonchev–Trinajstić information content (AvgIpc) is 2.75. The van der Waals surface area contributed by atoms with Crippen LogP contribution in [0.25, 0.3) is 0 Å². The first-order valence-electron chi connectivity index (χ1n) is 7.91. The van der Waals surface area contributed by atoms with E-state index in [1.165, 1.54) is 0 Å². The highest BCUT2D eigenvalue weighted by molar-refractivity contribution is 6.30. The summed E-state index contributed by atoms with van der Waals surface area (Å²) in [7, 11) is 0. The molecule has 2 aromatic rings. The van der Waals surface area contributed by atoms with Crippen LogP contribution in [0.4, 0.5) is 10.5 Å². The zero-order valence-corrected chi connectivity index (χ0v) is 14.3. The van der Waals surface area contributed by atoms with Crippen LogP contribution in [0.15, 0.2) is 48.5 Å². The molecule has 3 amide bonds. The maximum absolute atomic E-state index is 12.2. The van der Waals surface area contributed by atoms with Gasteiger partial charge in [-0.3, -0.25) is 4.79 Å². The molecule has 0 aromatic heterocycles. The molecule has 1 aliphatic rings. The minimum Gasteiger partial charge on any atom is -0.483 e. The molecular weight excluding hydrogens is 342 g/mol. The van der Waals surface area contributed by atoms with Crippen molar-refractivity contribution in [2.75, 3.05) is 25.0 Å². The molecule has 25 heavy (non-hydrogen) atoms. The molecule has 3 rings (SSSR count). The fourth-order valence-electron chi connectivity index (χ4n) is 2.54. The minimum absolute atomic E-state index is 0.0230. The predicted molar refractivity (Wildman–Crippen MR) is 95.8 cm³/mol. The minimum atomic E-state index is -0.312. The smallest absolute Gasteiger partial charge is 0.319 e. The maximum Gasteiger partial charge on any atom is 0.319 e. The largest absolute Gasteiger partial charge is 0.483 e. The lowest BCUT2D eigenvalue weighted by molar-refractivity contribution is -0.133. The number of fused-ring (bicyclic) bond motifs is 1. The van der Waals surface area contributed by atoms with Crippen LogP contribution >= 0.6 is 11.6 Å². The lowest BCUT2D eigenvalue weighted by Gasteiger charge is -2.20. The molecule has 1 heterocycles. The Morgan fingerprint density at radius 2 is 2.00 bits per heavy atom. The number of para-hydroxylation sites is 1. The van der Waals surface area contributed by atoms with Gasteiger partial charge in [0.05, 0.1) is 0 Å². The molecule has 0 radical (unpaired) electrons. The standard InChI is InChI=1S/C18H18ClN3O3/c19-14-6-7-16-13(10-14)11-22(17(23)12-25-16)9-8-20-18(24)21-15-4-2-1-3-5-15/h1-7,10H,8-9,11-12H2,(H2,20,21,24). The first-order valence-corrected chi connectivity index (χ1v) is 8.28. The van der Waals surface area contributed by atoms with Gasteiger partial charge in [0, 0.05) is 35.9 Å². The van der Waals surface area contributed by atoms with E-state index in [9.17, 15) is 9.59 Å². The summed E-state index contributed by atoms with van der Waals surface area (Å²) < 4.78 is 5.50. The van der Waals surface area contributed by atoms with E-state index >= 15 is 0 Å². The molecule has 0 aliphatic carbocycles. The van der Waals surface area contributed by atoms with Crippen molar-refractivity contribution in [3.8, 4) is 5.75 Å². The van der Waals surface area contributed by atoms with E-state index in [1.54, 1.807) is 35.2 Å². The first-order chi connectivity index (χ1) is 12.1. The predicted octanol–water partition coefficient (Wildman–Crippen LogP) is 2.88. The van der Waals surface area contributed by atoms with Crippen molar-refractivity contribution in [1.29, 1.82) is 0 Å². The number of urea groups is 1. The van der Waals surface area contributed by atoms with Gasteiger partial charge in [0.2, 0.25) is 0 Å². The van der Waals surface area contributed by atoms with Crippen LogP contribution in [0, 0.1) is 0 Å². The summed E-state index contributed by atoms with van der Waals surface area (Å²) in [6.07, 6.45) is 0. The van der Waals surface area contributed by atoms with Gasteiger partial charge in [-0.2, -0.15) is 0 Å². The summed E-state index contributed by atoms with van der Waals surface area (Å²) in [5, 5.41) is 6.07. The Balaban J connectivity index is 1.53. The van der Waals surface area contributed by atoms with E-state index in [2.05, 4.69) is 10.6 Å². The number of nitrogens with one attached hydrogen (secondary N) is 2. The molecule has 0 fully saturated rings. The Hall–Kier alpha value is -2.73. The second kappa shape index (κ2) is 7.90. The van der Waals surface area contributed by atoms with Gasteiger partial charge in [-0.05, 0) is 30.3 Å². The zero-order chi connectivity index (χ0) is 17.6. The van der Waals surface area contributed by atoms with Gasteiger partial charge in [0.1, 0.15) is 5.75 Å². The monoisotopic (exact) mass is 359 g/mol. The van der Waals surface area contributed by atoms with Gasteiger partial charge >= 0.3 is 6.03 Å². The summed E-state index contributed by atoms with van der Waals surface area (Å²) in [5.74, 6) is 0.535. The van der Waals surface area contributed by atoms with Crippen molar-refractivity contribution < 1.29 is 14.3 Å². The quantitative estimate of drug-likeness (QED) is 0.881. The number of carbonyl (C=O) groups is 2. The van der Waals surface area contributed by atoms with Crippen molar-refractivity contribution in [3.05, 3.63) is 59.1 Å². The van der Waals surface area contributed by atoms with Gasteiger partial charge in [-0.1, -0.05) is 29.8 Å². The Kier molecular flexibility index (Phi) is 5.40. The van der Waals surface area contributed by atoms with E-state index < -0.39 is 0 Å². The van der Waals surface area contributed by atoms with Crippen molar-refractivity contribution >= 4 is 29.2 Å². The topological polar surface area (TPSA) is 70.7 Å². The SMILES string of the molecule is O=C(NCCN1Cc2cc(Cl)ccc2OCC1=O)Nc1ccccc1. The molecule has 0 saturated carbocycles. The Bertz CT molecular complexity index is 767. The third-order valence-electron chi connectivity index (χ3n) is 3.79. The van der Waals surface area contributed by atoms with Crippen LogP contribution in [0.5, 0.6) is 5.75 Å². The number of amides is 3. The summed E-state index contributed by atoms with van der Waals surface area (Å²) in [5.41, 5.74) is 1.56. The number of halogens is 1. The lowest BCUT2D eigenvalue weighted by atomic mass is 10.2. The van der Waals surface area contributed by atoms with Gasteiger partial charge in [0.15, 0.2) is 6.61 Å². The number of anilines is 1. The normalized spacial score (nSPS) is 13.5. The first kappa shape index (κ1) is 17.1. The van der Waals surface area contributed by atoms with Crippen LogP contribution in [-0.2, 0) is 11.3 Å². The summed E-state index contributed by atoms with van der Waals surface area (Å²) in [4.78, 5) is 25.7. The lowest BCUT2D eigenvalue weighted by Crippen LogP contribution is -2.40. The third kappa shape index (κ3) is 4.64. The number of carbonyl (C=O) groups excluding carboxylic acids is 2. The van der Waals surface area contributed by atoms with Crippen molar-refractivity contribution in [2.24, 2.45) is 0 Å². The highest BCUT2D eigenvalue weighted by Gasteiger charge is 2.21. The summed E-state index contributed by atoms with van der Waals surface area (Å²) in [6, 6.07) is 14.1. The number of benzene rings is 2.